The number of carbonyl (C=O) groups excluding carboxylic acids is 1. The maximum atomic E-state index is 12.4. The van der Waals surface area contributed by atoms with Gasteiger partial charge in [-0.15, -0.1) is 0 Å². The van der Waals surface area contributed by atoms with Gasteiger partial charge >= 0.3 is 0 Å². The summed E-state index contributed by atoms with van der Waals surface area (Å²) < 4.78 is 0.927. The Kier molecular flexibility index (Phi) is 4.53. The van der Waals surface area contributed by atoms with E-state index in [2.05, 4.69) is 25.6 Å². The second-order valence-electron chi connectivity index (χ2n) is 5.57. The molecule has 0 aliphatic rings. The number of amides is 1. The molecule has 0 aliphatic heterocycles. The lowest BCUT2D eigenvalue weighted by Crippen LogP contribution is -2.22. The van der Waals surface area contributed by atoms with E-state index in [4.69, 9.17) is 0 Å². The molecule has 7 heteroatoms. The van der Waals surface area contributed by atoms with Gasteiger partial charge < -0.3 is 10.6 Å². The van der Waals surface area contributed by atoms with Crippen molar-refractivity contribution in [3.63, 3.8) is 0 Å². The van der Waals surface area contributed by atoms with E-state index in [0.29, 0.717) is 23.2 Å². The predicted molar refractivity (Wildman–Crippen MR) is 103 cm³/mol. The van der Waals surface area contributed by atoms with Gasteiger partial charge in [0.1, 0.15) is 0 Å². The number of benzene rings is 2. The van der Waals surface area contributed by atoms with E-state index >= 15 is 0 Å². The van der Waals surface area contributed by atoms with Crippen LogP contribution in [0, 0.1) is 0 Å². The summed E-state index contributed by atoms with van der Waals surface area (Å²) in [4.78, 5) is 25.1. The molecular weight excluding hydrogens is 346 g/mol. The van der Waals surface area contributed by atoms with E-state index in [-0.39, 0.29) is 5.91 Å². The highest BCUT2D eigenvalue weighted by Crippen LogP contribution is 2.28. The van der Waals surface area contributed by atoms with Gasteiger partial charge in [0.15, 0.2) is 5.13 Å². The summed E-state index contributed by atoms with van der Waals surface area (Å²) in [6, 6.07) is 17.1. The molecule has 0 bridgehead atoms. The van der Waals surface area contributed by atoms with Gasteiger partial charge in [-0.05, 0) is 29.8 Å². The topological polar surface area (TPSA) is 79.8 Å². The van der Waals surface area contributed by atoms with Crippen LogP contribution in [0.15, 0.2) is 67.0 Å². The number of rotatable bonds is 5. The van der Waals surface area contributed by atoms with Crippen LogP contribution < -0.4 is 10.6 Å². The summed E-state index contributed by atoms with van der Waals surface area (Å²) in [5.41, 5.74) is 2.50. The Morgan fingerprint density at radius 1 is 1.00 bits per heavy atom. The van der Waals surface area contributed by atoms with Gasteiger partial charge in [0.2, 0.25) is 5.95 Å². The normalized spacial score (nSPS) is 10.6. The van der Waals surface area contributed by atoms with E-state index in [9.17, 15) is 4.79 Å². The number of aromatic nitrogens is 3. The molecule has 6 nitrogen and oxygen atoms in total. The molecule has 0 atom stereocenters. The van der Waals surface area contributed by atoms with Crippen molar-refractivity contribution in [2.45, 2.75) is 6.54 Å². The number of hydrogen-bond acceptors (Lipinski definition) is 6. The Bertz CT molecular complexity index is 1030. The van der Waals surface area contributed by atoms with Gasteiger partial charge in [-0.25, -0.2) is 15.0 Å². The number of carbonyl (C=O) groups is 1. The van der Waals surface area contributed by atoms with Crippen LogP contribution in [0.3, 0.4) is 0 Å². The lowest BCUT2D eigenvalue weighted by atomic mass is 10.2. The highest BCUT2D eigenvalue weighted by Gasteiger charge is 2.10. The van der Waals surface area contributed by atoms with Crippen LogP contribution in [-0.2, 0) is 6.54 Å². The Balaban J connectivity index is 1.49. The molecule has 0 saturated carbocycles. The van der Waals surface area contributed by atoms with Gasteiger partial charge in [-0.1, -0.05) is 41.7 Å². The van der Waals surface area contributed by atoms with Crippen molar-refractivity contribution < 1.29 is 4.79 Å². The molecule has 2 heterocycles. The van der Waals surface area contributed by atoms with Crippen molar-refractivity contribution >= 4 is 38.5 Å². The molecule has 4 rings (SSSR count). The maximum Gasteiger partial charge on any atom is 0.251 e. The molecule has 4 aromatic rings. The molecule has 0 saturated heterocycles. The third-order valence-corrected chi connectivity index (χ3v) is 4.66. The number of fused-ring (bicyclic) bond motifs is 1. The van der Waals surface area contributed by atoms with Crippen molar-refractivity contribution in [3.05, 3.63) is 78.1 Å². The first kappa shape index (κ1) is 16.2. The molecule has 0 unspecified atom stereocenters. The van der Waals surface area contributed by atoms with Gasteiger partial charge in [0.05, 0.1) is 10.2 Å². The zero-order valence-electron chi connectivity index (χ0n) is 13.7. The fourth-order valence-corrected chi connectivity index (χ4v) is 3.36. The second-order valence-corrected chi connectivity index (χ2v) is 6.60. The third kappa shape index (κ3) is 3.68. The van der Waals surface area contributed by atoms with Gasteiger partial charge in [-0.3, -0.25) is 4.79 Å². The molecule has 2 aromatic carbocycles. The first-order valence-corrected chi connectivity index (χ1v) is 8.86. The van der Waals surface area contributed by atoms with Crippen molar-refractivity contribution in [2.75, 3.05) is 5.32 Å². The zero-order chi connectivity index (χ0) is 17.8. The number of hydrogen-bond donors (Lipinski definition) is 2. The average Bonchev–Trinajstić information content (AvgIpc) is 3.09. The molecule has 0 fully saturated rings. The molecule has 0 aliphatic carbocycles. The van der Waals surface area contributed by atoms with Crippen LogP contribution >= 0.6 is 11.3 Å². The molecular formula is C19H15N5OS. The summed E-state index contributed by atoms with van der Waals surface area (Å²) in [5.74, 6) is 0.387. The number of anilines is 2. The summed E-state index contributed by atoms with van der Waals surface area (Å²) in [6.45, 7) is 0.499. The summed E-state index contributed by atoms with van der Waals surface area (Å²) in [6.07, 6.45) is 3.33. The predicted octanol–water partition coefficient (Wildman–Crippen LogP) is 3.76. The Morgan fingerprint density at radius 3 is 2.62 bits per heavy atom. The van der Waals surface area contributed by atoms with Crippen LogP contribution in [-0.4, -0.2) is 20.9 Å². The van der Waals surface area contributed by atoms with Crippen molar-refractivity contribution in [2.24, 2.45) is 0 Å². The van der Waals surface area contributed by atoms with Gasteiger partial charge in [0.25, 0.3) is 5.91 Å². The summed E-state index contributed by atoms with van der Waals surface area (Å²) >= 11 is 1.46. The minimum Gasteiger partial charge on any atom is -0.348 e. The monoisotopic (exact) mass is 361 g/mol. The lowest BCUT2D eigenvalue weighted by Gasteiger charge is -2.05. The molecule has 26 heavy (non-hydrogen) atoms. The van der Waals surface area contributed by atoms with Crippen molar-refractivity contribution in [1.82, 2.24) is 20.3 Å². The molecule has 0 radical (unpaired) electrons. The summed E-state index contributed by atoms with van der Waals surface area (Å²) in [7, 11) is 0. The van der Waals surface area contributed by atoms with Crippen molar-refractivity contribution in [1.29, 1.82) is 0 Å². The fraction of sp³-hybridized carbons (Fsp3) is 0.0526. The number of thiazole rings is 1. The van der Waals surface area contributed by atoms with Gasteiger partial charge in [-0.2, -0.15) is 0 Å². The van der Waals surface area contributed by atoms with E-state index in [0.717, 1.165) is 15.8 Å². The molecule has 1 amide bonds. The maximum absolute atomic E-state index is 12.4. The quantitative estimate of drug-likeness (QED) is 0.566. The largest absolute Gasteiger partial charge is 0.348 e. The van der Waals surface area contributed by atoms with Gasteiger partial charge in [0, 0.05) is 24.5 Å². The smallest absolute Gasteiger partial charge is 0.251 e. The summed E-state index contributed by atoms with van der Waals surface area (Å²) in [5, 5.41) is 6.70. The Morgan fingerprint density at radius 2 is 1.81 bits per heavy atom. The highest BCUT2D eigenvalue weighted by molar-refractivity contribution is 7.22. The number of nitrogens with zero attached hydrogens (tertiary/aromatic N) is 3. The average molecular weight is 361 g/mol. The van der Waals surface area contributed by atoms with E-state index in [1.807, 2.05) is 42.5 Å². The highest BCUT2D eigenvalue weighted by atomic mass is 32.1. The van der Waals surface area contributed by atoms with Crippen LogP contribution in [0.1, 0.15) is 15.9 Å². The number of nitrogens with one attached hydrogen (secondary N) is 2. The molecule has 128 valence electrons. The first-order valence-electron chi connectivity index (χ1n) is 8.05. The zero-order valence-corrected chi connectivity index (χ0v) is 14.5. The standard InChI is InChI=1S/C19H15N5OS/c25-17(22-12-13-5-2-1-3-6-13)14-7-8-15-16(11-14)26-19(23-15)24-18-20-9-4-10-21-18/h1-11H,12H2,(H,22,25)(H,20,21,23,24). The molecule has 2 N–H and O–H groups in total. The van der Waals surface area contributed by atoms with Crippen LogP contribution in [0.5, 0.6) is 0 Å². The minimum absolute atomic E-state index is 0.106. The first-order chi connectivity index (χ1) is 12.8. The molecule has 2 aromatic heterocycles. The van der Waals surface area contributed by atoms with Crippen molar-refractivity contribution in [3.8, 4) is 0 Å². The van der Waals surface area contributed by atoms with Crippen LogP contribution in [0.25, 0.3) is 10.2 Å². The lowest BCUT2D eigenvalue weighted by molar-refractivity contribution is 0.0951. The van der Waals surface area contributed by atoms with E-state index < -0.39 is 0 Å². The molecule has 0 spiro atoms. The van der Waals surface area contributed by atoms with E-state index in [1.54, 1.807) is 24.5 Å². The van der Waals surface area contributed by atoms with E-state index in [1.165, 1.54) is 11.3 Å². The Hall–Kier alpha value is -3.32. The SMILES string of the molecule is O=C(NCc1ccccc1)c1ccc2nc(Nc3ncccn3)sc2c1. The fourth-order valence-electron chi connectivity index (χ4n) is 2.46. The van der Waals surface area contributed by atoms with Crippen LogP contribution in [0.4, 0.5) is 11.1 Å². The minimum atomic E-state index is -0.106. The second kappa shape index (κ2) is 7.28. The third-order valence-electron chi connectivity index (χ3n) is 3.73. The Labute approximate surface area is 154 Å². The van der Waals surface area contributed by atoms with Crippen LogP contribution in [0.2, 0.25) is 0 Å².